The van der Waals surface area contributed by atoms with Gasteiger partial charge in [-0.15, -0.1) is 0 Å². The first-order valence-corrected chi connectivity index (χ1v) is 6.47. The third kappa shape index (κ3) is 3.67. The van der Waals surface area contributed by atoms with Crippen molar-refractivity contribution in [3.8, 4) is 11.1 Å². The highest BCUT2D eigenvalue weighted by atomic mass is 35.5. The Labute approximate surface area is 131 Å². The summed E-state index contributed by atoms with van der Waals surface area (Å²) >= 11 is 5.26. The average molecular weight is 353 g/mol. The SMILES string of the molecule is O=C(Cl)c1cc(C(F)(F)F)ccc1-c1ccccc1C(F)(F)F. The lowest BCUT2D eigenvalue weighted by atomic mass is 9.94. The molecule has 0 saturated carbocycles. The zero-order valence-corrected chi connectivity index (χ0v) is 11.9. The van der Waals surface area contributed by atoms with Crippen LogP contribution in [0.4, 0.5) is 26.3 Å². The summed E-state index contributed by atoms with van der Waals surface area (Å²) in [6, 6.07) is 6.11. The molecule has 0 aromatic heterocycles. The fourth-order valence-electron chi connectivity index (χ4n) is 2.08. The van der Waals surface area contributed by atoms with E-state index in [9.17, 15) is 31.1 Å². The monoisotopic (exact) mass is 352 g/mol. The fraction of sp³-hybridized carbons (Fsp3) is 0.133. The molecule has 0 atom stereocenters. The van der Waals surface area contributed by atoms with E-state index < -0.39 is 39.8 Å². The highest BCUT2D eigenvalue weighted by Gasteiger charge is 2.35. The molecule has 0 saturated heterocycles. The van der Waals surface area contributed by atoms with E-state index in [-0.39, 0.29) is 5.56 Å². The van der Waals surface area contributed by atoms with Crippen LogP contribution in [0.15, 0.2) is 42.5 Å². The molecule has 0 bridgehead atoms. The summed E-state index contributed by atoms with van der Waals surface area (Å²) in [6.07, 6.45) is -9.48. The van der Waals surface area contributed by atoms with Crippen LogP contribution in [-0.2, 0) is 12.4 Å². The normalized spacial score (nSPS) is 12.3. The molecule has 0 heterocycles. The van der Waals surface area contributed by atoms with Gasteiger partial charge in [0.25, 0.3) is 5.24 Å². The summed E-state index contributed by atoms with van der Waals surface area (Å²) in [5, 5.41) is -1.27. The molecule has 1 nitrogen and oxygen atoms in total. The van der Waals surface area contributed by atoms with E-state index >= 15 is 0 Å². The lowest BCUT2D eigenvalue weighted by molar-refractivity contribution is -0.138. The zero-order valence-electron chi connectivity index (χ0n) is 11.1. The van der Waals surface area contributed by atoms with Crippen molar-refractivity contribution in [2.75, 3.05) is 0 Å². The number of halogens is 7. The van der Waals surface area contributed by atoms with E-state index in [1.54, 1.807) is 0 Å². The van der Waals surface area contributed by atoms with Gasteiger partial charge in [-0.3, -0.25) is 4.79 Å². The molecule has 0 radical (unpaired) electrons. The van der Waals surface area contributed by atoms with Gasteiger partial charge in [-0.05, 0) is 40.9 Å². The first-order valence-electron chi connectivity index (χ1n) is 6.09. The van der Waals surface area contributed by atoms with Crippen molar-refractivity contribution in [3.63, 3.8) is 0 Å². The number of rotatable bonds is 2. The predicted molar refractivity (Wildman–Crippen MR) is 72.1 cm³/mol. The molecule has 0 aliphatic carbocycles. The van der Waals surface area contributed by atoms with Gasteiger partial charge in [0, 0.05) is 5.56 Å². The van der Waals surface area contributed by atoms with E-state index in [4.69, 9.17) is 11.6 Å². The van der Waals surface area contributed by atoms with Crippen molar-refractivity contribution in [3.05, 3.63) is 59.2 Å². The van der Waals surface area contributed by atoms with Crippen LogP contribution < -0.4 is 0 Å². The maximum atomic E-state index is 13.0. The van der Waals surface area contributed by atoms with Crippen molar-refractivity contribution < 1.29 is 31.1 Å². The third-order valence-electron chi connectivity index (χ3n) is 3.08. The van der Waals surface area contributed by atoms with Crippen LogP contribution in [0, 0.1) is 0 Å². The van der Waals surface area contributed by atoms with Gasteiger partial charge in [-0.2, -0.15) is 26.3 Å². The van der Waals surface area contributed by atoms with E-state index in [0.717, 1.165) is 24.3 Å². The minimum absolute atomic E-state index is 0.314. The van der Waals surface area contributed by atoms with Crippen LogP contribution in [0.2, 0.25) is 0 Å². The molecule has 2 aromatic rings. The smallest absolute Gasteiger partial charge is 0.276 e. The molecule has 8 heteroatoms. The molecule has 0 spiro atoms. The summed E-state index contributed by atoms with van der Waals surface area (Å²) in [5.74, 6) is 0. The number of hydrogen-bond acceptors (Lipinski definition) is 1. The Morgan fingerprint density at radius 2 is 1.43 bits per heavy atom. The van der Waals surface area contributed by atoms with Gasteiger partial charge in [-0.25, -0.2) is 0 Å². The van der Waals surface area contributed by atoms with Gasteiger partial charge >= 0.3 is 12.4 Å². The maximum Gasteiger partial charge on any atom is 0.417 e. The number of benzene rings is 2. The minimum atomic E-state index is -4.75. The number of carbonyl (C=O) groups excluding carboxylic acids is 1. The minimum Gasteiger partial charge on any atom is -0.276 e. The molecule has 0 aliphatic heterocycles. The lowest BCUT2D eigenvalue weighted by Crippen LogP contribution is -2.10. The van der Waals surface area contributed by atoms with Crippen molar-refractivity contribution in [1.82, 2.24) is 0 Å². The zero-order chi connectivity index (χ0) is 17.4. The number of alkyl halides is 6. The summed E-state index contributed by atoms with van der Waals surface area (Å²) in [7, 11) is 0. The Morgan fingerprint density at radius 3 is 1.96 bits per heavy atom. The first kappa shape index (κ1) is 17.3. The summed E-state index contributed by atoms with van der Waals surface area (Å²) in [6.45, 7) is 0. The molecular weight excluding hydrogens is 346 g/mol. The molecule has 0 aliphatic rings. The average Bonchev–Trinajstić information content (AvgIpc) is 2.44. The highest BCUT2D eigenvalue weighted by Crippen LogP contribution is 2.40. The van der Waals surface area contributed by atoms with Gasteiger partial charge < -0.3 is 0 Å². The third-order valence-corrected chi connectivity index (χ3v) is 3.28. The molecule has 122 valence electrons. The molecule has 2 rings (SSSR count). The molecule has 0 amide bonds. The number of carbonyl (C=O) groups is 1. The molecule has 23 heavy (non-hydrogen) atoms. The Bertz CT molecular complexity index is 748. The fourth-order valence-corrected chi connectivity index (χ4v) is 2.24. The topological polar surface area (TPSA) is 17.1 Å². The van der Waals surface area contributed by atoms with Crippen molar-refractivity contribution in [2.45, 2.75) is 12.4 Å². The van der Waals surface area contributed by atoms with Crippen molar-refractivity contribution >= 4 is 16.8 Å². The summed E-state index contributed by atoms with van der Waals surface area (Å²) in [5.41, 5.74) is -3.62. The quantitative estimate of drug-likeness (QED) is 0.495. The Kier molecular flexibility index (Phi) is 4.43. The van der Waals surface area contributed by atoms with Crippen LogP contribution in [0.25, 0.3) is 11.1 Å². The van der Waals surface area contributed by atoms with Crippen molar-refractivity contribution in [1.29, 1.82) is 0 Å². The number of hydrogen-bond donors (Lipinski definition) is 0. The van der Waals surface area contributed by atoms with Gasteiger partial charge in [0.05, 0.1) is 11.1 Å². The summed E-state index contributed by atoms with van der Waals surface area (Å²) < 4.78 is 77.2. The van der Waals surface area contributed by atoms with E-state index in [2.05, 4.69) is 0 Å². The van der Waals surface area contributed by atoms with Gasteiger partial charge in [-0.1, -0.05) is 24.3 Å². The molecule has 0 fully saturated rings. The maximum absolute atomic E-state index is 13.0. The molecule has 0 N–H and O–H groups in total. The standard InChI is InChI=1S/C15H7ClF6O/c16-13(23)11-7-8(14(17,18)19)5-6-9(11)10-3-1-2-4-12(10)15(20,21)22/h1-7H. The first-order chi connectivity index (χ1) is 10.5. The largest absolute Gasteiger partial charge is 0.417 e. The van der Waals surface area contributed by atoms with Gasteiger partial charge in [0.1, 0.15) is 0 Å². The van der Waals surface area contributed by atoms with Crippen molar-refractivity contribution in [2.24, 2.45) is 0 Å². The molecular formula is C15H7ClF6O. The predicted octanol–water partition coefficient (Wildman–Crippen LogP) is 5.77. The highest BCUT2D eigenvalue weighted by molar-refractivity contribution is 6.68. The molecule has 2 aromatic carbocycles. The van der Waals surface area contributed by atoms with E-state index in [1.165, 1.54) is 6.07 Å². The van der Waals surface area contributed by atoms with Crippen LogP contribution in [0.5, 0.6) is 0 Å². The Morgan fingerprint density at radius 1 is 0.826 bits per heavy atom. The second kappa shape index (κ2) is 5.88. The Hall–Kier alpha value is -2.02. The molecule has 0 unspecified atom stereocenters. The van der Waals surface area contributed by atoms with Crippen LogP contribution in [-0.4, -0.2) is 5.24 Å². The second-order valence-electron chi connectivity index (χ2n) is 4.58. The van der Waals surface area contributed by atoms with Gasteiger partial charge in [0.15, 0.2) is 0 Å². The second-order valence-corrected chi connectivity index (χ2v) is 4.92. The lowest BCUT2D eigenvalue weighted by Gasteiger charge is -2.16. The van der Waals surface area contributed by atoms with Crippen LogP contribution in [0.3, 0.4) is 0 Å². The summed E-state index contributed by atoms with van der Waals surface area (Å²) in [4.78, 5) is 11.4. The Balaban J connectivity index is 2.73. The van der Waals surface area contributed by atoms with Crippen LogP contribution in [0.1, 0.15) is 21.5 Å². The van der Waals surface area contributed by atoms with Crippen LogP contribution >= 0.6 is 11.6 Å². The van der Waals surface area contributed by atoms with E-state index in [0.29, 0.717) is 12.1 Å². The van der Waals surface area contributed by atoms with E-state index in [1.807, 2.05) is 0 Å². The van der Waals surface area contributed by atoms with Gasteiger partial charge in [0.2, 0.25) is 0 Å².